The van der Waals surface area contributed by atoms with Gasteiger partial charge in [-0.1, -0.05) is 0 Å². The van der Waals surface area contributed by atoms with Gasteiger partial charge in [-0.3, -0.25) is 5.50 Å². The lowest BCUT2D eigenvalue weighted by Crippen LogP contribution is -2.15. The minimum atomic E-state index is -0.711. The topological polar surface area (TPSA) is 44.5 Å². The highest BCUT2D eigenvalue weighted by Gasteiger charge is 2.21. The first-order chi connectivity index (χ1) is 5.18. The third-order valence-electron chi connectivity index (χ3n) is 1.78. The van der Waals surface area contributed by atoms with E-state index in [0.717, 1.165) is 12.8 Å². The summed E-state index contributed by atoms with van der Waals surface area (Å²) in [7, 11) is -0.711. The van der Waals surface area contributed by atoms with Gasteiger partial charge in [0.05, 0.1) is 27.1 Å². The molecule has 1 aliphatic heterocycles. The molecule has 0 aromatic heterocycles. The summed E-state index contributed by atoms with van der Waals surface area (Å²) >= 11 is 0. The van der Waals surface area contributed by atoms with E-state index in [2.05, 4.69) is 6.92 Å². The van der Waals surface area contributed by atoms with Crippen molar-refractivity contribution in [1.29, 1.82) is 0 Å². The maximum absolute atomic E-state index is 5.54. The minimum Gasteiger partial charge on any atom is -0.373 e. The van der Waals surface area contributed by atoms with Gasteiger partial charge >= 0.3 is 0 Å². The number of ether oxygens (including phenoxy) is 1. The third kappa shape index (κ3) is 3.48. The van der Waals surface area contributed by atoms with Gasteiger partial charge < -0.3 is 9.26 Å². The van der Waals surface area contributed by atoms with Crippen LogP contribution >= 0.6 is 8.30 Å². The Bertz CT molecular complexity index is 121. The molecule has 2 N–H and O–H groups in total. The van der Waals surface area contributed by atoms with Crippen LogP contribution < -0.4 is 5.50 Å². The van der Waals surface area contributed by atoms with Crippen molar-refractivity contribution in [2.45, 2.75) is 32.0 Å². The predicted octanol–water partition coefficient (Wildman–Crippen LogP) is 1.47. The first-order valence-electron chi connectivity index (χ1n) is 3.95. The van der Waals surface area contributed by atoms with E-state index in [-0.39, 0.29) is 0 Å². The van der Waals surface area contributed by atoms with Crippen molar-refractivity contribution in [3.63, 3.8) is 0 Å². The van der Waals surface area contributed by atoms with Crippen molar-refractivity contribution in [2.24, 2.45) is 5.50 Å². The molecule has 1 rings (SSSR count). The summed E-state index contributed by atoms with van der Waals surface area (Å²) in [6.07, 6.45) is 2.97. The van der Waals surface area contributed by atoms with Crippen molar-refractivity contribution >= 4 is 8.30 Å². The summed E-state index contributed by atoms with van der Waals surface area (Å²) in [5, 5.41) is 0. The van der Waals surface area contributed by atoms with Gasteiger partial charge in [0.15, 0.2) is 0 Å². The first-order valence-corrected chi connectivity index (χ1v) is 5.73. The van der Waals surface area contributed by atoms with Crippen LogP contribution in [-0.4, -0.2) is 25.5 Å². The molecule has 66 valence electrons. The highest BCUT2D eigenvalue weighted by Crippen LogP contribution is 2.25. The van der Waals surface area contributed by atoms with Gasteiger partial charge in [-0.25, -0.2) is 0 Å². The van der Waals surface area contributed by atoms with Crippen molar-refractivity contribution in [3.05, 3.63) is 0 Å². The van der Waals surface area contributed by atoms with Gasteiger partial charge in [0.1, 0.15) is 0 Å². The predicted molar refractivity (Wildman–Crippen MR) is 46.6 cm³/mol. The summed E-state index contributed by atoms with van der Waals surface area (Å²) in [5.74, 6) is 0. The van der Waals surface area contributed by atoms with E-state index in [1.54, 1.807) is 0 Å². The number of hydrogen-bond acceptors (Lipinski definition) is 3. The maximum atomic E-state index is 5.54. The average Bonchev–Trinajstić information content (AvgIpc) is 2.31. The fraction of sp³-hybridized carbons (Fsp3) is 1.00. The van der Waals surface area contributed by atoms with E-state index in [0.29, 0.717) is 18.8 Å². The van der Waals surface area contributed by atoms with E-state index in [4.69, 9.17) is 14.8 Å². The monoisotopic (exact) mass is 177 g/mol. The van der Waals surface area contributed by atoms with Crippen LogP contribution in [0.15, 0.2) is 0 Å². The van der Waals surface area contributed by atoms with Crippen LogP contribution in [0.5, 0.6) is 0 Å². The van der Waals surface area contributed by atoms with Crippen LogP contribution in [0.3, 0.4) is 0 Å². The fourth-order valence-corrected chi connectivity index (χ4v) is 1.61. The molecule has 0 bridgehead atoms. The van der Waals surface area contributed by atoms with Crippen molar-refractivity contribution in [2.75, 3.05) is 13.3 Å². The molecule has 3 nitrogen and oxygen atoms in total. The molecule has 1 aliphatic rings. The standard InChI is InChI=1S/C7H16NO2P/c1-6-3-4-7(10-6)5-9-11(2)8/h6-7H,3-5,8H2,1-2H3. The summed E-state index contributed by atoms with van der Waals surface area (Å²) in [4.78, 5) is 0. The molecule has 0 radical (unpaired) electrons. The lowest BCUT2D eigenvalue weighted by molar-refractivity contribution is 0.0292. The van der Waals surface area contributed by atoms with E-state index in [9.17, 15) is 0 Å². The second-order valence-electron chi connectivity index (χ2n) is 2.99. The molecular formula is C7H16NO2P. The Balaban J connectivity index is 2.08. The lowest BCUT2D eigenvalue weighted by atomic mass is 10.2. The van der Waals surface area contributed by atoms with Crippen molar-refractivity contribution in [3.8, 4) is 0 Å². The highest BCUT2D eigenvalue weighted by atomic mass is 31.2. The van der Waals surface area contributed by atoms with Gasteiger partial charge in [0.2, 0.25) is 0 Å². The highest BCUT2D eigenvalue weighted by molar-refractivity contribution is 7.49. The van der Waals surface area contributed by atoms with E-state index >= 15 is 0 Å². The molecule has 0 amide bonds. The second-order valence-corrected chi connectivity index (χ2v) is 4.34. The number of nitrogens with two attached hydrogens (primary N) is 1. The zero-order chi connectivity index (χ0) is 8.27. The minimum absolute atomic E-state index is 0.290. The molecule has 1 saturated heterocycles. The summed E-state index contributed by atoms with van der Waals surface area (Å²) in [6.45, 7) is 4.66. The Kier molecular flexibility index (Phi) is 3.73. The molecule has 3 atom stereocenters. The van der Waals surface area contributed by atoms with E-state index in [1.807, 2.05) is 6.66 Å². The SMILES string of the molecule is CC1CCC(COP(C)N)O1. The van der Waals surface area contributed by atoms with Crippen LogP contribution in [0.4, 0.5) is 0 Å². The average molecular weight is 177 g/mol. The number of hydrogen-bond donors (Lipinski definition) is 1. The molecule has 0 aliphatic carbocycles. The molecule has 1 fully saturated rings. The molecule has 0 aromatic rings. The van der Waals surface area contributed by atoms with Crippen LogP contribution in [0.25, 0.3) is 0 Å². The lowest BCUT2D eigenvalue weighted by Gasteiger charge is -2.12. The smallest absolute Gasteiger partial charge is 0.0952 e. The molecule has 3 unspecified atom stereocenters. The largest absolute Gasteiger partial charge is 0.373 e. The van der Waals surface area contributed by atoms with E-state index < -0.39 is 8.30 Å². The van der Waals surface area contributed by atoms with Crippen LogP contribution in [-0.2, 0) is 9.26 Å². The Morgan fingerprint density at radius 3 is 2.82 bits per heavy atom. The summed E-state index contributed by atoms with van der Waals surface area (Å²) in [5.41, 5.74) is 5.49. The molecule has 0 saturated carbocycles. The number of rotatable bonds is 3. The Morgan fingerprint density at radius 2 is 2.36 bits per heavy atom. The van der Waals surface area contributed by atoms with Crippen LogP contribution in [0.2, 0.25) is 0 Å². The second kappa shape index (κ2) is 4.36. The quantitative estimate of drug-likeness (QED) is 0.664. The third-order valence-corrected chi connectivity index (χ3v) is 2.34. The van der Waals surface area contributed by atoms with E-state index in [1.165, 1.54) is 0 Å². The normalized spacial score (nSPS) is 34.1. The van der Waals surface area contributed by atoms with Gasteiger partial charge in [0, 0.05) is 0 Å². The van der Waals surface area contributed by atoms with Gasteiger partial charge in [-0.2, -0.15) is 0 Å². The Hall–Kier alpha value is 0.310. The summed E-state index contributed by atoms with van der Waals surface area (Å²) in [6, 6.07) is 0. The Morgan fingerprint density at radius 1 is 1.64 bits per heavy atom. The molecule has 0 spiro atoms. The van der Waals surface area contributed by atoms with Gasteiger partial charge in [0.25, 0.3) is 0 Å². The molecule has 11 heavy (non-hydrogen) atoms. The molecule has 4 heteroatoms. The zero-order valence-electron chi connectivity index (χ0n) is 7.12. The Labute approximate surface area is 69.1 Å². The maximum Gasteiger partial charge on any atom is 0.0952 e. The van der Waals surface area contributed by atoms with Gasteiger partial charge in [-0.15, -0.1) is 0 Å². The van der Waals surface area contributed by atoms with Crippen molar-refractivity contribution in [1.82, 2.24) is 0 Å². The van der Waals surface area contributed by atoms with Gasteiger partial charge in [-0.05, 0) is 26.4 Å². The fourth-order valence-electron chi connectivity index (χ4n) is 1.21. The molecular weight excluding hydrogens is 161 g/mol. The first kappa shape index (κ1) is 9.40. The summed E-state index contributed by atoms with van der Waals surface area (Å²) < 4.78 is 10.8. The molecule has 0 aromatic carbocycles. The van der Waals surface area contributed by atoms with Crippen LogP contribution in [0, 0.1) is 0 Å². The zero-order valence-corrected chi connectivity index (χ0v) is 8.01. The van der Waals surface area contributed by atoms with Crippen molar-refractivity contribution < 1.29 is 9.26 Å². The molecule has 1 heterocycles. The van der Waals surface area contributed by atoms with Crippen LogP contribution in [0.1, 0.15) is 19.8 Å².